The number of nitrogens with zero attached hydrogens (tertiary/aromatic N) is 4. The van der Waals surface area contributed by atoms with E-state index in [9.17, 15) is 18.0 Å². The van der Waals surface area contributed by atoms with Gasteiger partial charge < -0.3 is 10.1 Å². The average Bonchev–Trinajstić information content (AvgIpc) is 3.52. The molecule has 1 amide bonds. The number of amides is 1. The van der Waals surface area contributed by atoms with Gasteiger partial charge in [-0.15, -0.1) is 0 Å². The maximum absolute atomic E-state index is 13.0. The normalized spacial score (nSPS) is 12.9. The average molecular weight is 500 g/mol. The van der Waals surface area contributed by atoms with E-state index in [1.807, 2.05) is 13.1 Å². The minimum Gasteiger partial charge on any atom is -0.480 e. The largest absolute Gasteiger partial charge is 0.480 e. The summed E-state index contributed by atoms with van der Waals surface area (Å²) in [7, 11) is 3.30. The highest BCUT2D eigenvalue weighted by molar-refractivity contribution is 7.06. The molecule has 1 unspecified atom stereocenters. The van der Waals surface area contributed by atoms with Gasteiger partial charge in [-0.1, -0.05) is 0 Å². The lowest BCUT2D eigenvalue weighted by Crippen LogP contribution is -2.26. The monoisotopic (exact) mass is 499 g/mol. The zero-order valence-corrected chi connectivity index (χ0v) is 19.7. The van der Waals surface area contributed by atoms with Crippen LogP contribution in [-0.2, 0) is 13.2 Å². The molecule has 180 valence electrons. The second-order valence-corrected chi connectivity index (χ2v) is 8.96. The first-order valence-electron chi connectivity index (χ1n) is 10.6. The fourth-order valence-corrected chi connectivity index (χ4v) is 4.71. The molecule has 0 radical (unpaired) electrons. The number of halogens is 3. The molecule has 0 spiro atoms. The molecule has 1 N–H and O–H groups in total. The number of hydrogen-bond acceptors (Lipinski definition) is 5. The van der Waals surface area contributed by atoms with Crippen LogP contribution in [0.4, 0.5) is 13.2 Å². The molecule has 0 fully saturated rings. The summed E-state index contributed by atoms with van der Waals surface area (Å²) in [6.45, 7) is 1.86. The van der Waals surface area contributed by atoms with Gasteiger partial charge >= 0.3 is 6.18 Å². The number of benzene rings is 2. The lowest BCUT2D eigenvalue weighted by molar-refractivity contribution is -0.137. The van der Waals surface area contributed by atoms with Crippen LogP contribution < -0.4 is 10.1 Å². The van der Waals surface area contributed by atoms with Crippen molar-refractivity contribution in [2.24, 2.45) is 7.05 Å². The number of carbonyl (C=O) groups excluding carboxylic acids is 1. The van der Waals surface area contributed by atoms with Crippen molar-refractivity contribution in [1.82, 2.24) is 24.0 Å². The Morgan fingerprint density at radius 2 is 1.86 bits per heavy atom. The van der Waals surface area contributed by atoms with Crippen LogP contribution in [0.3, 0.4) is 0 Å². The van der Waals surface area contributed by atoms with Crippen molar-refractivity contribution in [2.45, 2.75) is 19.1 Å². The molecule has 0 aliphatic rings. The van der Waals surface area contributed by atoms with Gasteiger partial charge in [0.25, 0.3) is 5.91 Å². The Kier molecular flexibility index (Phi) is 5.51. The smallest absolute Gasteiger partial charge is 0.416 e. The van der Waals surface area contributed by atoms with Crippen LogP contribution in [0.25, 0.3) is 27.6 Å². The topological polar surface area (TPSA) is 74.0 Å². The fraction of sp³-hybridized carbons (Fsp3) is 0.208. The van der Waals surface area contributed by atoms with Crippen LogP contribution in [0.1, 0.15) is 33.8 Å². The van der Waals surface area contributed by atoms with Gasteiger partial charge in [0.15, 0.2) is 5.65 Å². The molecular formula is C24H20F3N5O2S. The summed E-state index contributed by atoms with van der Waals surface area (Å²) in [5.41, 5.74) is 1.60. The Bertz CT molecular complexity index is 1550. The number of rotatable bonds is 5. The van der Waals surface area contributed by atoms with Gasteiger partial charge in [-0.25, -0.2) is 0 Å². The molecule has 3 aromatic heterocycles. The molecule has 7 nitrogen and oxygen atoms in total. The minimum atomic E-state index is -4.42. The quantitative estimate of drug-likeness (QED) is 0.347. The lowest BCUT2D eigenvalue weighted by Gasteiger charge is -2.12. The number of hydrogen-bond donors (Lipinski definition) is 1. The highest BCUT2D eigenvalue weighted by Gasteiger charge is 2.30. The molecule has 2 aromatic carbocycles. The van der Waals surface area contributed by atoms with Gasteiger partial charge in [-0.05, 0) is 60.9 Å². The van der Waals surface area contributed by atoms with Crippen molar-refractivity contribution in [2.75, 3.05) is 7.11 Å². The van der Waals surface area contributed by atoms with E-state index in [1.54, 1.807) is 40.6 Å². The highest BCUT2D eigenvalue weighted by Crippen LogP contribution is 2.34. The Labute approximate surface area is 201 Å². The molecule has 35 heavy (non-hydrogen) atoms. The summed E-state index contributed by atoms with van der Waals surface area (Å²) in [5, 5.41) is 9.04. The Balaban J connectivity index is 1.53. The molecule has 5 rings (SSSR count). The van der Waals surface area contributed by atoms with Crippen molar-refractivity contribution in [3.8, 4) is 11.6 Å². The second-order valence-electron chi connectivity index (χ2n) is 8.12. The van der Waals surface area contributed by atoms with Crippen LogP contribution in [0.15, 0.2) is 54.7 Å². The van der Waals surface area contributed by atoms with E-state index in [1.165, 1.54) is 30.8 Å². The lowest BCUT2D eigenvalue weighted by atomic mass is 10.1. The Morgan fingerprint density at radius 3 is 2.51 bits per heavy atom. The van der Waals surface area contributed by atoms with Crippen LogP contribution in [-0.4, -0.2) is 31.7 Å². The zero-order chi connectivity index (χ0) is 24.9. The van der Waals surface area contributed by atoms with Crippen LogP contribution in [0, 0.1) is 0 Å². The third-order valence-electron chi connectivity index (χ3n) is 5.75. The Morgan fingerprint density at radius 1 is 1.11 bits per heavy atom. The van der Waals surface area contributed by atoms with E-state index in [2.05, 4.69) is 14.8 Å². The molecule has 1 atom stereocenters. The molecular weight excluding hydrogens is 479 g/mol. The number of carbonyl (C=O) groups is 1. The third-order valence-corrected chi connectivity index (χ3v) is 6.71. The van der Waals surface area contributed by atoms with Crippen molar-refractivity contribution in [1.29, 1.82) is 0 Å². The molecule has 0 saturated heterocycles. The SMILES string of the molecule is COc1cc(C(C)NC(=O)c2ccc3c(c2)c2cn(C)nc2n3-c2ccc(C(F)(F)F)cc2)sn1. The first kappa shape index (κ1) is 22.9. The van der Waals surface area contributed by atoms with Gasteiger partial charge in [0.1, 0.15) is 0 Å². The predicted molar refractivity (Wildman–Crippen MR) is 127 cm³/mol. The minimum absolute atomic E-state index is 0.258. The summed E-state index contributed by atoms with van der Waals surface area (Å²) in [6.07, 6.45) is -2.59. The van der Waals surface area contributed by atoms with Gasteiger partial charge in [0.05, 0.1) is 29.1 Å². The number of aryl methyl sites for hydroxylation is 1. The summed E-state index contributed by atoms with van der Waals surface area (Å²) < 4.78 is 51.8. The summed E-state index contributed by atoms with van der Waals surface area (Å²) in [6, 6.07) is 11.7. The number of aromatic nitrogens is 4. The Hall–Kier alpha value is -3.86. The van der Waals surface area contributed by atoms with Crippen LogP contribution >= 0.6 is 11.5 Å². The van der Waals surface area contributed by atoms with Crippen molar-refractivity contribution < 1.29 is 22.7 Å². The third kappa shape index (κ3) is 4.12. The van der Waals surface area contributed by atoms with Crippen LogP contribution in [0.5, 0.6) is 5.88 Å². The number of fused-ring (bicyclic) bond motifs is 3. The van der Waals surface area contributed by atoms with E-state index in [0.29, 0.717) is 22.8 Å². The standard InChI is InChI=1S/C24H20F3N5O2S/c1-13(20-11-21(34-3)30-35-20)28-23(33)14-4-9-19-17(10-14)18-12-31(2)29-22(18)32(19)16-7-5-15(6-8-16)24(25,26)27/h4-13H,1-3H3,(H,28,33). The van der Waals surface area contributed by atoms with E-state index in [0.717, 1.165) is 33.3 Å². The molecule has 0 aliphatic heterocycles. The number of ether oxygens (including phenoxy) is 1. The van der Waals surface area contributed by atoms with Gasteiger partial charge in [-0.3, -0.25) is 14.0 Å². The molecule has 0 saturated carbocycles. The molecule has 0 aliphatic carbocycles. The van der Waals surface area contributed by atoms with E-state index in [4.69, 9.17) is 4.74 Å². The van der Waals surface area contributed by atoms with Crippen molar-refractivity contribution in [3.05, 3.63) is 70.7 Å². The highest BCUT2D eigenvalue weighted by atomic mass is 32.1. The van der Waals surface area contributed by atoms with Gasteiger partial charge in [-0.2, -0.15) is 22.6 Å². The maximum atomic E-state index is 13.0. The molecule has 3 heterocycles. The summed E-state index contributed by atoms with van der Waals surface area (Å²) in [5.74, 6) is 0.238. The number of nitrogens with one attached hydrogen (secondary N) is 1. The van der Waals surface area contributed by atoms with E-state index in [-0.39, 0.29) is 11.9 Å². The maximum Gasteiger partial charge on any atom is 0.416 e. The van der Waals surface area contributed by atoms with Crippen LogP contribution in [0.2, 0.25) is 0 Å². The van der Waals surface area contributed by atoms with Crippen molar-refractivity contribution in [3.63, 3.8) is 0 Å². The summed E-state index contributed by atoms with van der Waals surface area (Å²) >= 11 is 1.26. The van der Waals surface area contributed by atoms with Gasteiger partial charge in [0.2, 0.25) is 5.88 Å². The van der Waals surface area contributed by atoms with Gasteiger partial charge in [0, 0.05) is 41.3 Å². The number of methoxy groups -OCH3 is 1. The first-order valence-corrected chi connectivity index (χ1v) is 11.4. The molecule has 5 aromatic rings. The molecule has 0 bridgehead atoms. The summed E-state index contributed by atoms with van der Waals surface area (Å²) in [4.78, 5) is 13.9. The van der Waals surface area contributed by atoms with E-state index < -0.39 is 11.7 Å². The fourth-order valence-electron chi connectivity index (χ4n) is 4.02. The van der Waals surface area contributed by atoms with E-state index >= 15 is 0 Å². The molecule has 11 heteroatoms. The zero-order valence-electron chi connectivity index (χ0n) is 18.9. The van der Waals surface area contributed by atoms with Crippen molar-refractivity contribution >= 4 is 39.4 Å². The predicted octanol–water partition coefficient (Wildman–Crippen LogP) is 5.49. The first-order chi connectivity index (χ1) is 16.7. The second kappa shape index (κ2) is 8.42. The number of alkyl halides is 3.